The van der Waals surface area contributed by atoms with Crippen molar-refractivity contribution in [2.75, 3.05) is 5.75 Å². The van der Waals surface area contributed by atoms with E-state index in [-0.39, 0.29) is 0 Å². The van der Waals surface area contributed by atoms with Gasteiger partial charge in [0.1, 0.15) is 0 Å². The number of rotatable bonds is 1. The van der Waals surface area contributed by atoms with Crippen molar-refractivity contribution in [1.29, 1.82) is 0 Å². The number of hydrogen-bond donors (Lipinski definition) is 0. The molecule has 0 aliphatic carbocycles. The number of halogens is 1. The van der Waals surface area contributed by atoms with E-state index >= 15 is 0 Å². The van der Waals surface area contributed by atoms with Crippen LogP contribution < -0.4 is 0 Å². The van der Waals surface area contributed by atoms with Crippen molar-refractivity contribution in [3.05, 3.63) is 41.4 Å². The molecule has 0 amide bonds. The molecular formula is C9H7ClNS. The number of benzene rings is 1. The molecule has 1 radical (unpaired) electrons. The summed E-state index contributed by atoms with van der Waals surface area (Å²) >= 11 is 7.59. The first-order valence-corrected chi connectivity index (χ1v) is 5.01. The minimum absolute atomic E-state index is 0.766. The summed E-state index contributed by atoms with van der Waals surface area (Å²) in [5.74, 6) is 0.974. The van der Waals surface area contributed by atoms with Gasteiger partial charge in [-0.25, -0.2) is 0 Å². The lowest BCUT2D eigenvalue weighted by Crippen LogP contribution is -1.90. The second-order valence-electron chi connectivity index (χ2n) is 2.44. The van der Waals surface area contributed by atoms with Crippen LogP contribution in [0.25, 0.3) is 0 Å². The highest BCUT2D eigenvalue weighted by atomic mass is 35.5. The van der Waals surface area contributed by atoms with E-state index in [0.717, 1.165) is 21.4 Å². The van der Waals surface area contributed by atoms with Crippen molar-refractivity contribution < 1.29 is 0 Å². The normalized spacial score (nSPS) is 16.2. The molecule has 0 atom stereocenters. The van der Waals surface area contributed by atoms with Crippen LogP contribution in [0.4, 0.5) is 0 Å². The molecule has 0 saturated carbocycles. The number of nitrogens with zero attached hydrogens (tertiary/aromatic N) is 1. The molecule has 0 fully saturated rings. The quantitative estimate of drug-likeness (QED) is 0.673. The molecule has 0 bridgehead atoms. The lowest BCUT2D eigenvalue weighted by Gasteiger charge is -1.98. The molecule has 1 heterocycles. The Morgan fingerprint density at radius 1 is 1.42 bits per heavy atom. The SMILES string of the molecule is Clc1cccc(C2=N[CH]CS2)c1. The summed E-state index contributed by atoms with van der Waals surface area (Å²) < 4.78 is 0. The lowest BCUT2D eigenvalue weighted by molar-refractivity contribution is 1.36. The molecule has 61 valence electrons. The average molecular weight is 197 g/mol. The predicted molar refractivity (Wildman–Crippen MR) is 54.7 cm³/mol. The van der Waals surface area contributed by atoms with Crippen molar-refractivity contribution in [2.45, 2.75) is 0 Å². The van der Waals surface area contributed by atoms with Crippen LogP contribution in [-0.4, -0.2) is 10.8 Å². The van der Waals surface area contributed by atoms with Gasteiger partial charge in [0.2, 0.25) is 0 Å². The molecule has 0 aromatic heterocycles. The van der Waals surface area contributed by atoms with Crippen LogP contribution in [0.1, 0.15) is 5.56 Å². The van der Waals surface area contributed by atoms with E-state index in [2.05, 4.69) is 4.99 Å². The molecule has 2 rings (SSSR count). The summed E-state index contributed by atoms with van der Waals surface area (Å²) in [7, 11) is 0. The van der Waals surface area contributed by atoms with Gasteiger partial charge in [-0.05, 0) is 12.1 Å². The Bertz CT molecular complexity index is 322. The zero-order valence-electron chi connectivity index (χ0n) is 6.33. The molecule has 1 aliphatic rings. The molecule has 1 aliphatic heterocycles. The molecule has 0 saturated heterocycles. The summed E-state index contributed by atoms with van der Waals surface area (Å²) in [5.41, 5.74) is 1.11. The van der Waals surface area contributed by atoms with E-state index in [4.69, 9.17) is 11.6 Å². The summed E-state index contributed by atoms with van der Waals surface area (Å²) in [5, 5.41) is 1.83. The van der Waals surface area contributed by atoms with Gasteiger partial charge < -0.3 is 0 Å². The second kappa shape index (κ2) is 3.50. The van der Waals surface area contributed by atoms with Crippen molar-refractivity contribution in [1.82, 2.24) is 0 Å². The average Bonchev–Trinajstić information content (AvgIpc) is 2.56. The molecule has 1 aromatic carbocycles. The van der Waals surface area contributed by atoms with Gasteiger partial charge in [-0.15, -0.1) is 11.8 Å². The van der Waals surface area contributed by atoms with Crippen LogP contribution in [0.2, 0.25) is 5.02 Å². The van der Waals surface area contributed by atoms with Gasteiger partial charge in [0, 0.05) is 16.3 Å². The van der Waals surface area contributed by atoms with Crippen LogP contribution in [0.5, 0.6) is 0 Å². The Labute approximate surface area is 80.8 Å². The maximum Gasteiger partial charge on any atom is 0.0982 e. The Balaban J connectivity index is 2.33. The molecule has 0 N–H and O–H groups in total. The van der Waals surface area contributed by atoms with E-state index in [0.29, 0.717) is 0 Å². The van der Waals surface area contributed by atoms with Crippen LogP contribution in [-0.2, 0) is 0 Å². The fourth-order valence-electron chi connectivity index (χ4n) is 1.05. The summed E-state index contributed by atoms with van der Waals surface area (Å²) in [6.45, 7) is 1.92. The molecular weight excluding hydrogens is 190 g/mol. The van der Waals surface area contributed by atoms with Crippen molar-refractivity contribution in [3.63, 3.8) is 0 Å². The van der Waals surface area contributed by atoms with E-state index in [1.54, 1.807) is 11.8 Å². The van der Waals surface area contributed by atoms with E-state index in [9.17, 15) is 0 Å². The summed E-state index contributed by atoms with van der Waals surface area (Å²) in [6, 6.07) is 7.78. The summed E-state index contributed by atoms with van der Waals surface area (Å²) in [4.78, 5) is 4.24. The monoisotopic (exact) mass is 196 g/mol. The minimum atomic E-state index is 0.766. The maximum atomic E-state index is 5.85. The van der Waals surface area contributed by atoms with Crippen LogP contribution in [0, 0.1) is 6.54 Å². The topological polar surface area (TPSA) is 12.4 Å². The largest absolute Gasteiger partial charge is 0.271 e. The van der Waals surface area contributed by atoms with E-state index in [1.165, 1.54) is 0 Å². The van der Waals surface area contributed by atoms with E-state index < -0.39 is 0 Å². The molecule has 1 aromatic rings. The van der Waals surface area contributed by atoms with Gasteiger partial charge in [-0.1, -0.05) is 23.7 Å². The van der Waals surface area contributed by atoms with Crippen LogP contribution >= 0.6 is 23.4 Å². The highest BCUT2D eigenvalue weighted by Gasteiger charge is 2.09. The Morgan fingerprint density at radius 3 is 3.00 bits per heavy atom. The zero-order valence-corrected chi connectivity index (χ0v) is 7.90. The third-order valence-corrected chi connectivity index (χ3v) is 2.74. The number of aliphatic imine (C=N–C) groups is 1. The fourth-order valence-corrected chi connectivity index (χ4v) is 1.99. The first-order valence-electron chi connectivity index (χ1n) is 3.64. The Hall–Kier alpha value is -0.470. The molecule has 1 nitrogen and oxygen atoms in total. The molecule has 0 spiro atoms. The lowest BCUT2D eigenvalue weighted by atomic mass is 10.2. The van der Waals surface area contributed by atoms with E-state index in [1.807, 2.05) is 30.8 Å². The second-order valence-corrected chi connectivity index (χ2v) is 3.88. The zero-order chi connectivity index (χ0) is 8.39. The standard InChI is InChI=1S/C9H7ClNS/c10-8-3-1-2-7(6-8)9-11-4-5-12-9/h1-4,6H,5H2. The summed E-state index contributed by atoms with van der Waals surface area (Å²) in [6.07, 6.45) is 0. The Kier molecular flexibility index (Phi) is 2.38. The number of thioether (sulfide) groups is 1. The smallest absolute Gasteiger partial charge is 0.0982 e. The van der Waals surface area contributed by atoms with Gasteiger partial charge >= 0.3 is 0 Å². The Morgan fingerprint density at radius 2 is 2.33 bits per heavy atom. The first kappa shape index (κ1) is 8.14. The van der Waals surface area contributed by atoms with Gasteiger partial charge in [-0.2, -0.15) is 0 Å². The third kappa shape index (κ3) is 1.65. The maximum absolute atomic E-state index is 5.85. The first-order chi connectivity index (χ1) is 5.86. The van der Waals surface area contributed by atoms with Gasteiger partial charge in [0.15, 0.2) is 0 Å². The highest BCUT2D eigenvalue weighted by Crippen LogP contribution is 2.22. The van der Waals surface area contributed by atoms with Crippen LogP contribution in [0.15, 0.2) is 29.3 Å². The number of hydrogen-bond acceptors (Lipinski definition) is 2. The fraction of sp³-hybridized carbons (Fsp3) is 0.111. The molecule has 3 heteroatoms. The van der Waals surface area contributed by atoms with Crippen molar-refractivity contribution >= 4 is 28.4 Å². The predicted octanol–water partition coefficient (Wildman–Crippen LogP) is 3.00. The van der Waals surface area contributed by atoms with Gasteiger partial charge in [0.05, 0.1) is 11.6 Å². The van der Waals surface area contributed by atoms with Gasteiger partial charge in [-0.3, -0.25) is 4.99 Å². The van der Waals surface area contributed by atoms with Crippen LogP contribution in [0.3, 0.4) is 0 Å². The molecule has 0 unspecified atom stereocenters. The van der Waals surface area contributed by atoms with Crippen molar-refractivity contribution in [3.8, 4) is 0 Å². The van der Waals surface area contributed by atoms with Gasteiger partial charge in [0.25, 0.3) is 0 Å². The molecule has 12 heavy (non-hydrogen) atoms. The highest BCUT2D eigenvalue weighted by molar-refractivity contribution is 8.14. The minimum Gasteiger partial charge on any atom is -0.271 e. The van der Waals surface area contributed by atoms with Crippen molar-refractivity contribution in [2.24, 2.45) is 4.99 Å². The third-order valence-electron chi connectivity index (χ3n) is 1.57.